The van der Waals surface area contributed by atoms with Crippen LogP contribution in [0.4, 0.5) is 4.79 Å². The molecule has 0 spiro atoms. The summed E-state index contributed by atoms with van der Waals surface area (Å²) >= 11 is 0. The molecule has 3 aliphatic rings. The molecule has 1 fully saturated rings. The van der Waals surface area contributed by atoms with Crippen LogP contribution in [0.3, 0.4) is 0 Å². The third-order valence-electron chi connectivity index (χ3n) is 5.15. The fraction of sp³-hybridized carbons (Fsp3) is 0.421. The Morgan fingerprint density at radius 3 is 2.65 bits per heavy atom. The molecule has 26 heavy (non-hydrogen) atoms. The van der Waals surface area contributed by atoms with Crippen LogP contribution in [0.2, 0.25) is 0 Å². The molecule has 7 heteroatoms. The van der Waals surface area contributed by atoms with Gasteiger partial charge in [-0.1, -0.05) is 43.2 Å². The second-order valence-corrected chi connectivity index (χ2v) is 6.86. The number of carbonyl (C=O) groups excluding carboxylic acids is 3. The van der Waals surface area contributed by atoms with Crippen LogP contribution in [0.15, 0.2) is 41.6 Å². The summed E-state index contributed by atoms with van der Waals surface area (Å²) in [5.41, 5.74) is 1.70. The van der Waals surface area contributed by atoms with Crippen molar-refractivity contribution < 1.29 is 19.1 Å². The summed E-state index contributed by atoms with van der Waals surface area (Å²) in [6, 6.07) is 8.51. The van der Waals surface area contributed by atoms with Crippen LogP contribution in [0, 0.1) is 0 Å². The highest BCUT2D eigenvalue weighted by atomic mass is 16.5. The number of hydrogen-bond acceptors (Lipinski definition) is 4. The van der Waals surface area contributed by atoms with E-state index < -0.39 is 18.0 Å². The van der Waals surface area contributed by atoms with Gasteiger partial charge in [-0.2, -0.15) is 0 Å². The van der Waals surface area contributed by atoms with E-state index in [0.717, 1.165) is 31.2 Å². The van der Waals surface area contributed by atoms with Crippen molar-refractivity contribution in [3.05, 3.63) is 47.2 Å². The van der Waals surface area contributed by atoms with E-state index in [0.29, 0.717) is 11.3 Å². The third kappa shape index (κ3) is 3.05. The van der Waals surface area contributed by atoms with Crippen LogP contribution in [0.1, 0.15) is 37.3 Å². The average molecular weight is 355 g/mol. The van der Waals surface area contributed by atoms with Gasteiger partial charge in [0.25, 0.3) is 0 Å². The number of urea groups is 1. The number of rotatable bonds is 4. The van der Waals surface area contributed by atoms with Gasteiger partial charge < -0.3 is 15.4 Å². The van der Waals surface area contributed by atoms with E-state index in [1.54, 1.807) is 0 Å². The highest BCUT2D eigenvalue weighted by Crippen LogP contribution is 2.34. The fourth-order valence-electron chi connectivity index (χ4n) is 3.86. The Bertz CT molecular complexity index is 768. The number of esters is 1. The number of nitrogens with zero attached hydrogens (tertiary/aromatic N) is 1. The van der Waals surface area contributed by atoms with E-state index in [9.17, 15) is 14.4 Å². The molecule has 136 valence electrons. The molecule has 0 radical (unpaired) electrons. The number of hydrogen-bond donors (Lipinski definition) is 2. The molecule has 2 N–H and O–H groups in total. The SMILES string of the molecule is O=C(CN1C(=O)N[C@@H](c2ccccc2)C2=C1COC2=O)NC1CCCC1. The Morgan fingerprint density at radius 1 is 1.19 bits per heavy atom. The Kier molecular flexibility index (Phi) is 4.36. The number of ether oxygens (including phenoxy) is 1. The topological polar surface area (TPSA) is 87.7 Å². The maximum absolute atomic E-state index is 12.6. The predicted molar refractivity (Wildman–Crippen MR) is 92.8 cm³/mol. The molecule has 4 rings (SSSR count). The minimum absolute atomic E-state index is 0.0155. The number of cyclic esters (lactones) is 1. The van der Waals surface area contributed by atoms with E-state index >= 15 is 0 Å². The van der Waals surface area contributed by atoms with Crippen LogP contribution >= 0.6 is 0 Å². The molecule has 1 aliphatic carbocycles. The molecule has 1 aromatic rings. The molecule has 1 saturated carbocycles. The van der Waals surface area contributed by atoms with E-state index in [1.807, 2.05) is 30.3 Å². The lowest BCUT2D eigenvalue weighted by atomic mass is 9.96. The van der Waals surface area contributed by atoms with Crippen molar-refractivity contribution in [2.45, 2.75) is 37.8 Å². The minimum atomic E-state index is -0.553. The summed E-state index contributed by atoms with van der Waals surface area (Å²) in [6.45, 7) is -0.0963. The molecular weight excluding hydrogens is 334 g/mol. The monoisotopic (exact) mass is 355 g/mol. The molecule has 0 bridgehead atoms. The molecule has 0 unspecified atom stereocenters. The first-order valence-electron chi connectivity index (χ1n) is 8.96. The summed E-state index contributed by atoms with van der Waals surface area (Å²) < 4.78 is 5.17. The molecule has 1 aromatic carbocycles. The van der Waals surface area contributed by atoms with E-state index in [2.05, 4.69) is 10.6 Å². The van der Waals surface area contributed by atoms with Crippen molar-refractivity contribution in [2.24, 2.45) is 0 Å². The standard InChI is InChI=1S/C19H21N3O4/c23-15(20-13-8-4-5-9-13)10-22-14-11-26-18(24)16(14)17(21-19(22)25)12-6-2-1-3-7-12/h1-3,6-7,13,17H,4-5,8-11H2,(H,20,23)(H,21,25)/t17-/m0/s1. The van der Waals surface area contributed by atoms with Gasteiger partial charge in [-0.25, -0.2) is 9.59 Å². The Hall–Kier alpha value is -2.83. The summed E-state index contributed by atoms with van der Waals surface area (Å²) in [4.78, 5) is 38.6. The zero-order valence-corrected chi connectivity index (χ0v) is 14.4. The van der Waals surface area contributed by atoms with Gasteiger partial charge in [0.15, 0.2) is 0 Å². The summed E-state index contributed by atoms with van der Waals surface area (Å²) in [6.07, 6.45) is 4.18. The minimum Gasteiger partial charge on any atom is -0.456 e. The lowest BCUT2D eigenvalue weighted by Crippen LogP contribution is -2.51. The van der Waals surface area contributed by atoms with Crippen LogP contribution in [-0.4, -0.2) is 42.0 Å². The Balaban J connectivity index is 1.57. The van der Waals surface area contributed by atoms with Crippen molar-refractivity contribution >= 4 is 17.9 Å². The lowest BCUT2D eigenvalue weighted by molar-refractivity contribution is -0.136. The quantitative estimate of drug-likeness (QED) is 0.804. The van der Waals surface area contributed by atoms with Gasteiger partial charge in [-0.15, -0.1) is 0 Å². The van der Waals surface area contributed by atoms with Gasteiger partial charge in [0.05, 0.1) is 17.3 Å². The van der Waals surface area contributed by atoms with E-state index in [-0.39, 0.29) is 25.1 Å². The van der Waals surface area contributed by atoms with Crippen LogP contribution in [0.25, 0.3) is 0 Å². The number of carbonyl (C=O) groups is 3. The van der Waals surface area contributed by atoms with Gasteiger partial charge in [0.2, 0.25) is 5.91 Å². The zero-order valence-electron chi connectivity index (χ0n) is 14.4. The van der Waals surface area contributed by atoms with E-state index in [1.165, 1.54) is 4.90 Å². The van der Waals surface area contributed by atoms with Gasteiger partial charge in [-0.05, 0) is 18.4 Å². The Labute approximate surface area is 151 Å². The second kappa shape index (κ2) is 6.82. The maximum Gasteiger partial charge on any atom is 0.338 e. The number of benzene rings is 1. The summed E-state index contributed by atoms with van der Waals surface area (Å²) in [7, 11) is 0. The highest BCUT2D eigenvalue weighted by Gasteiger charge is 2.42. The van der Waals surface area contributed by atoms with Crippen molar-refractivity contribution in [1.29, 1.82) is 0 Å². The summed E-state index contributed by atoms with van der Waals surface area (Å²) in [5, 5.41) is 5.80. The van der Waals surface area contributed by atoms with Crippen LogP contribution in [0.5, 0.6) is 0 Å². The first kappa shape index (κ1) is 16.6. The van der Waals surface area contributed by atoms with E-state index in [4.69, 9.17) is 4.74 Å². The first-order valence-corrected chi connectivity index (χ1v) is 8.96. The van der Waals surface area contributed by atoms with Crippen LogP contribution < -0.4 is 10.6 Å². The van der Waals surface area contributed by atoms with Crippen molar-refractivity contribution in [1.82, 2.24) is 15.5 Å². The van der Waals surface area contributed by atoms with Crippen LogP contribution in [-0.2, 0) is 14.3 Å². The fourth-order valence-corrected chi connectivity index (χ4v) is 3.86. The van der Waals surface area contributed by atoms with Crippen molar-refractivity contribution in [2.75, 3.05) is 13.2 Å². The molecule has 2 heterocycles. The number of amides is 3. The van der Waals surface area contributed by atoms with Gasteiger partial charge in [0.1, 0.15) is 13.2 Å². The van der Waals surface area contributed by atoms with Gasteiger partial charge in [0, 0.05) is 6.04 Å². The molecule has 0 saturated heterocycles. The molecular formula is C19H21N3O4. The van der Waals surface area contributed by atoms with Gasteiger partial charge in [-0.3, -0.25) is 9.69 Å². The third-order valence-corrected chi connectivity index (χ3v) is 5.15. The predicted octanol–water partition coefficient (Wildman–Crippen LogP) is 1.62. The smallest absolute Gasteiger partial charge is 0.338 e. The molecule has 7 nitrogen and oxygen atoms in total. The second-order valence-electron chi connectivity index (χ2n) is 6.86. The average Bonchev–Trinajstić information content (AvgIpc) is 3.28. The first-order chi connectivity index (χ1) is 12.6. The number of nitrogens with one attached hydrogen (secondary N) is 2. The summed E-state index contributed by atoms with van der Waals surface area (Å²) in [5.74, 6) is -0.661. The Morgan fingerprint density at radius 2 is 1.92 bits per heavy atom. The largest absolute Gasteiger partial charge is 0.456 e. The highest BCUT2D eigenvalue weighted by molar-refractivity contribution is 5.98. The maximum atomic E-state index is 12.6. The lowest BCUT2D eigenvalue weighted by Gasteiger charge is -2.32. The van der Waals surface area contributed by atoms with Gasteiger partial charge >= 0.3 is 12.0 Å². The molecule has 0 aromatic heterocycles. The molecule has 2 aliphatic heterocycles. The zero-order chi connectivity index (χ0) is 18.1. The molecule has 3 amide bonds. The molecule has 1 atom stereocenters. The van der Waals surface area contributed by atoms with Crippen molar-refractivity contribution in [3.63, 3.8) is 0 Å². The normalized spacial score (nSPS) is 22.9. The van der Waals surface area contributed by atoms with Crippen molar-refractivity contribution in [3.8, 4) is 0 Å².